The van der Waals surface area contributed by atoms with Crippen molar-refractivity contribution in [3.63, 3.8) is 0 Å². The van der Waals surface area contributed by atoms with Gasteiger partial charge in [-0.3, -0.25) is 38.4 Å². The molecule has 6 N–H and O–H groups in total. The Morgan fingerprint density at radius 2 is 1.08 bits per heavy atom. The number of carboxylic acid groups (broad SMARTS) is 1. The second-order valence-corrected chi connectivity index (χ2v) is 19.4. The maximum Gasteiger partial charge on any atom is 0.326 e. The fourth-order valence-electron chi connectivity index (χ4n) is 8.71. The van der Waals surface area contributed by atoms with Gasteiger partial charge in [0.15, 0.2) is 5.78 Å². The molecule has 7 atom stereocenters. The van der Waals surface area contributed by atoms with Crippen LogP contribution in [0, 0.1) is 5.92 Å². The minimum atomic E-state index is -2.13. The molecule has 8 rings (SSSR count). The van der Waals surface area contributed by atoms with Gasteiger partial charge in [-0.2, -0.15) is 0 Å². The van der Waals surface area contributed by atoms with Crippen LogP contribution in [0.5, 0.6) is 0 Å². The maximum absolute atomic E-state index is 15.0. The number of hydrogen-bond acceptors (Lipinski definition) is 12. The number of ether oxygens (including phenoxy) is 2. The van der Waals surface area contributed by atoms with Crippen molar-refractivity contribution in [2.75, 3.05) is 5.32 Å². The van der Waals surface area contributed by atoms with Crippen molar-refractivity contribution < 1.29 is 57.7 Å². The first kappa shape index (κ1) is 55.0. The lowest BCUT2D eigenvalue weighted by Gasteiger charge is -2.28. The molecule has 0 spiro atoms. The van der Waals surface area contributed by atoms with Crippen molar-refractivity contribution >= 4 is 70.3 Å². The second kappa shape index (κ2) is 26.4. The Labute approximate surface area is 442 Å². The molecule has 5 aromatic carbocycles. The van der Waals surface area contributed by atoms with Gasteiger partial charge in [-0.15, -0.1) is 11.3 Å². The van der Waals surface area contributed by atoms with Gasteiger partial charge in [0.2, 0.25) is 29.9 Å². The molecule has 76 heavy (non-hydrogen) atoms. The molecule has 17 nitrogen and oxygen atoms in total. The minimum Gasteiger partial charge on any atom is -0.480 e. The number of rotatable bonds is 14. The molecule has 0 radical (unpaired) electrons. The fourth-order valence-corrected chi connectivity index (χ4v) is 9.46. The molecule has 2 aliphatic heterocycles. The van der Waals surface area contributed by atoms with E-state index >= 15 is 0 Å². The quantitative estimate of drug-likeness (QED) is 0.0598. The summed E-state index contributed by atoms with van der Waals surface area (Å²) in [6.07, 6.45) is -5.18. The highest BCUT2D eigenvalue weighted by Gasteiger charge is 2.42. The Bertz CT molecular complexity index is 2990. The molecule has 0 saturated carbocycles. The molecule has 5 amide bonds. The highest BCUT2D eigenvalue weighted by atomic mass is 32.1. The Morgan fingerprint density at radius 3 is 1.66 bits per heavy atom. The third-order valence-electron chi connectivity index (χ3n) is 12.5. The number of benzene rings is 5. The topological polar surface area (TPSA) is 252 Å². The fraction of sp³-hybridized carbons (Fsp3) is 0.259. The summed E-state index contributed by atoms with van der Waals surface area (Å²) in [7, 11) is 0. The largest absolute Gasteiger partial charge is 0.480 e. The second-order valence-electron chi connectivity index (χ2n) is 18.3. The maximum atomic E-state index is 15.0. The molecular formula is C58H57N5O12S. The van der Waals surface area contributed by atoms with E-state index in [-0.39, 0.29) is 37.8 Å². The number of nitrogens with one attached hydrogen (secondary N) is 5. The summed E-state index contributed by atoms with van der Waals surface area (Å²) in [5.74, 6) is -9.82. The number of carboxylic acids is 1. The first-order chi connectivity index (χ1) is 36.6. The lowest BCUT2D eigenvalue weighted by molar-refractivity contribution is -0.173. The average molecular weight is 1050 g/mol. The van der Waals surface area contributed by atoms with Crippen LogP contribution in [0.1, 0.15) is 47.4 Å². The Balaban J connectivity index is 1.31. The number of thiophene rings is 1. The summed E-state index contributed by atoms with van der Waals surface area (Å²) < 4.78 is 10.7. The normalized spacial score (nSPS) is 20.1. The van der Waals surface area contributed by atoms with Gasteiger partial charge in [0.25, 0.3) is 11.8 Å². The molecule has 2 bridgehead atoms. The average Bonchev–Trinajstić information content (AvgIpc) is 3.93. The standard InChI is InChI=1S/C58H57N5O12S/c1-35(64)74-51-52(75-36(2)65)57(71)62-48(34-45-19-12-28-76-45)55(69)61-47(31-40-20-24-42(25-21-40)41-17-10-5-11-18-41)54(68)60-46(30-37-13-6-3-7-14-37)50(66)33-43(29-39-22-26-44(27-23-39)59-56(51)70)53(67)63-49(58(72)73)32-38-15-8-4-9-16-38/h3-28,43,46-49,51-52H,29-34H2,1-2H3,(H,59,70)(H,60,68)(H,61,69)(H,62,71)(H,63,67)(H,72,73)/t43-,46+,47-,48+,49+,51-,52-/m1/s1. The molecule has 6 aromatic rings. The van der Waals surface area contributed by atoms with Crippen LogP contribution in [-0.4, -0.2) is 94.7 Å². The zero-order chi connectivity index (χ0) is 54.1. The molecule has 0 fully saturated rings. The summed E-state index contributed by atoms with van der Waals surface area (Å²) in [6, 6.07) is 38.3. The molecular weight excluding hydrogens is 991 g/mol. The number of Topliss-reactive ketones (excluding diaryl/α,β-unsaturated/α-hetero) is 1. The Kier molecular flexibility index (Phi) is 19.1. The number of aliphatic carboxylic acids is 1. The molecule has 392 valence electrons. The van der Waals surface area contributed by atoms with E-state index in [1.807, 2.05) is 42.5 Å². The van der Waals surface area contributed by atoms with Crippen molar-refractivity contribution in [2.45, 2.75) is 88.7 Å². The Morgan fingerprint density at radius 1 is 0.566 bits per heavy atom. The van der Waals surface area contributed by atoms with Gasteiger partial charge >= 0.3 is 17.9 Å². The molecule has 0 unspecified atom stereocenters. The lowest BCUT2D eigenvalue weighted by atomic mass is 9.89. The van der Waals surface area contributed by atoms with Gasteiger partial charge in [-0.05, 0) is 69.8 Å². The number of carbonyl (C=O) groups is 9. The van der Waals surface area contributed by atoms with Crippen molar-refractivity contribution in [2.24, 2.45) is 5.92 Å². The number of anilines is 1. The summed E-state index contributed by atoms with van der Waals surface area (Å²) in [5, 5.41) is 25.5. The zero-order valence-electron chi connectivity index (χ0n) is 41.6. The van der Waals surface area contributed by atoms with E-state index in [2.05, 4.69) is 26.6 Å². The van der Waals surface area contributed by atoms with E-state index in [1.165, 1.54) is 23.5 Å². The third kappa shape index (κ3) is 15.9. The SMILES string of the molecule is CC(=O)O[C@H]1C(=O)Nc2ccc(cc2)C[C@@H](C(=O)N[C@@H](Cc2ccccc2)C(=O)O)CC(=O)[C@H](Cc2ccccc2)NC(=O)[C@@H](Cc2ccc(-c3ccccc3)cc2)NC(=O)[C@H](Cc2cccs2)NC(=O)[C@@H]1OC(C)=O. The number of amides is 5. The lowest BCUT2D eigenvalue weighted by Crippen LogP contribution is -2.59. The van der Waals surface area contributed by atoms with E-state index < -0.39 is 102 Å². The molecule has 2 aliphatic rings. The molecule has 3 heterocycles. The predicted octanol–water partition coefficient (Wildman–Crippen LogP) is 5.34. The van der Waals surface area contributed by atoms with Gasteiger partial charge in [0, 0.05) is 56.0 Å². The van der Waals surface area contributed by atoms with Crippen LogP contribution >= 0.6 is 11.3 Å². The number of fused-ring (bicyclic) bond motifs is 18. The summed E-state index contributed by atoms with van der Waals surface area (Å²) in [5.41, 5.74) is 4.31. The van der Waals surface area contributed by atoms with E-state index in [1.54, 1.807) is 102 Å². The van der Waals surface area contributed by atoms with Gasteiger partial charge < -0.3 is 41.2 Å². The highest BCUT2D eigenvalue weighted by Crippen LogP contribution is 2.23. The van der Waals surface area contributed by atoms with Crippen molar-refractivity contribution in [3.8, 4) is 11.1 Å². The third-order valence-corrected chi connectivity index (χ3v) is 13.4. The van der Waals surface area contributed by atoms with Crippen LogP contribution in [-0.2, 0) is 84.7 Å². The van der Waals surface area contributed by atoms with Gasteiger partial charge in [-0.1, -0.05) is 133 Å². The summed E-state index contributed by atoms with van der Waals surface area (Å²) >= 11 is 1.27. The molecule has 18 heteroatoms. The first-order valence-electron chi connectivity index (χ1n) is 24.5. The van der Waals surface area contributed by atoms with E-state index in [0.29, 0.717) is 27.1 Å². The van der Waals surface area contributed by atoms with E-state index in [0.717, 1.165) is 25.0 Å². The van der Waals surface area contributed by atoms with Crippen LogP contribution in [0.25, 0.3) is 11.1 Å². The van der Waals surface area contributed by atoms with Crippen LogP contribution < -0.4 is 26.6 Å². The predicted molar refractivity (Wildman–Crippen MR) is 282 cm³/mol. The van der Waals surface area contributed by atoms with Crippen LogP contribution in [0.15, 0.2) is 157 Å². The molecule has 0 saturated heterocycles. The zero-order valence-corrected chi connectivity index (χ0v) is 42.5. The van der Waals surface area contributed by atoms with Crippen LogP contribution in [0.2, 0.25) is 0 Å². The minimum absolute atomic E-state index is 0.0373. The van der Waals surface area contributed by atoms with Crippen LogP contribution in [0.3, 0.4) is 0 Å². The molecule has 0 aliphatic carbocycles. The monoisotopic (exact) mass is 1050 g/mol. The molecule has 1 aromatic heterocycles. The summed E-state index contributed by atoms with van der Waals surface area (Å²) in [4.78, 5) is 126. The number of ketones is 1. The smallest absolute Gasteiger partial charge is 0.326 e. The number of hydrogen-bond donors (Lipinski definition) is 6. The van der Waals surface area contributed by atoms with Gasteiger partial charge in [0.05, 0.1) is 6.04 Å². The highest BCUT2D eigenvalue weighted by molar-refractivity contribution is 7.09. The van der Waals surface area contributed by atoms with Crippen molar-refractivity contribution in [1.82, 2.24) is 21.3 Å². The van der Waals surface area contributed by atoms with Gasteiger partial charge in [0.1, 0.15) is 18.1 Å². The number of esters is 2. The first-order valence-corrected chi connectivity index (χ1v) is 25.4. The van der Waals surface area contributed by atoms with Crippen LogP contribution in [0.4, 0.5) is 5.69 Å². The van der Waals surface area contributed by atoms with E-state index in [4.69, 9.17) is 9.47 Å². The van der Waals surface area contributed by atoms with E-state index in [9.17, 15) is 48.3 Å². The van der Waals surface area contributed by atoms with Crippen molar-refractivity contribution in [1.29, 1.82) is 0 Å². The Hall–Kier alpha value is -8.77. The number of carbonyl (C=O) groups excluding carboxylic acids is 8. The van der Waals surface area contributed by atoms with Crippen molar-refractivity contribution in [3.05, 3.63) is 184 Å². The summed E-state index contributed by atoms with van der Waals surface area (Å²) in [6.45, 7) is 1.97. The van der Waals surface area contributed by atoms with Gasteiger partial charge in [-0.25, -0.2) is 4.79 Å².